The number of nitrogens with zero attached hydrogens (tertiary/aromatic N) is 3. The van der Waals surface area contributed by atoms with Gasteiger partial charge in [0.05, 0.1) is 13.1 Å². The Balaban J connectivity index is 1.84. The Morgan fingerprint density at radius 2 is 1.18 bits per heavy atom. The smallest absolute Gasteiger partial charge is 0.333 e. The highest BCUT2D eigenvalue weighted by Crippen LogP contribution is 2.17. The van der Waals surface area contributed by atoms with Gasteiger partial charge < -0.3 is 10.0 Å². The van der Waals surface area contributed by atoms with Gasteiger partial charge >= 0.3 is 11.7 Å². The maximum atomic E-state index is 13.6. The van der Waals surface area contributed by atoms with E-state index in [1.165, 1.54) is 15.2 Å². The van der Waals surface area contributed by atoms with E-state index in [0.29, 0.717) is 0 Å². The van der Waals surface area contributed by atoms with Gasteiger partial charge in [-0.25, -0.2) is 4.79 Å². The Bertz CT molecular complexity index is 1360. The third-order valence-corrected chi connectivity index (χ3v) is 5.49. The topological polar surface area (TPSA) is 84.5 Å². The summed E-state index contributed by atoms with van der Waals surface area (Å²) < 4.78 is 2.66. The van der Waals surface area contributed by atoms with Crippen LogP contribution in [0.25, 0.3) is 0 Å². The fourth-order valence-electron chi connectivity index (χ4n) is 3.88. The SMILES string of the molecule is O=C(O)CN(Cc1ccccc1)c1cc(=O)n(Cc2ccccc2)c(=O)n1Cc1ccccc1. The van der Waals surface area contributed by atoms with Crippen LogP contribution in [0.1, 0.15) is 16.7 Å². The summed E-state index contributed by atoms with van der Waals surface area (Å²) in [5.74, 6) is -0.780. The summed E-state index contributed by atoms with van der Waals surface area (Å²) in [6, 6.07) is 29.4. The molecule has 7 heteroatoms. The first kappa shape index (κ1) is 22.8. The molecule has 1 aromatic heterocycles. The molecule has 3 aromatic carbocycles. The summed E-state index contributed by atoms with van der Waals surface area (Å²) in [7, 11) is 0. The van der Waals surface area contributed by atoms with Crippen molar-refractivity contribution in [1.82, 2.24) is 9.13 Å². The fourth-order valence-corrected chi connectivity index (χ4v) is 3.88. The highest BCUT2D eigenvalue weighted by atomic mass is 16.4. The van der Waals surface area contributed by atoms with Crippen molar-refractivity contribution in [2.75, 3.05) is 11.4 Å². The van der Waals surface area contributed by atoms with Crippen LogP contribution in [0, 0.1) is 0 Å². The van der Waals surface area contributed by atoms with Gasteiger partial charge in [-0.15, -0.1) is 0 Å². The van der Waals surface area contributed by atoms with E-state index in [1.807, 2.05) is 91.0 Å². The van der Waals surface area contributed by atoms with Crippen molar-refractivity contribution in [3.8, 4) is 0 Å². The molecule has 0 saturated heterocycles. The molecule has 0 saturated carbocycles. The number of anilines is 1. The Labute approximate surface area is 196 Å². The van der Waals surface area contributed by atoms with Crippen molar-refractivity contribution >= 4 is 11.8 Å². The summed E-state index contributed by atoms with van der Waals surface area (Å²) in [5.41, 5.74) is 1.60. The average molecular weight is 456 g/mol. The molecule has 0 aliphatic rings. The van der Waals surface area contributed by atoms with Crippen molar-refractivity contribution in [2.45, 2.75) is 19.6 Å². The van der Waals surface area contributed by atoms with Crippen LogP contribution in [0.3, 0.4) is 0 Å². The summed E-state index contributed by atoms with van der Waals surface area (Å²) in [4.78, 5) is 40.0. The molecule has 0 atom stereocenters. The van der Waals surface area contributed by atoms with Gasteiger partial charge in [0.15, 0.2) is 0 Å². The molecule has 0 radical (unpaired) electrons. The zero-order valence-electron chi connectivity index (χ0n) is 18.6. The average Bonchev–Trinajstić information content (AvgIpc) is 2.85. The van der Waals surface area contributed by atoms with Gasteiger partial charge in [-0.3, -0.25) is 18.7 Å². The minimum absolute atomic E-state index is 0.130. The molecule has 0 amide bonds. The lowest BCUT2D eigenvalue weighted by atomic mass is 10.2. The zero-order valence-corrected chi connectivity index (χ0v) is 18.6. The lowest BCUT2D eigenvalue weighted by Crippen LogP contribution is -2.44. The van der Waals surface area contributed by atoms with Crippen LogP contribution < -0.4 is 16.1 Å². The molecular weight excluding hydrogens is 430 g/mol. The molecule has 7 nitrogen and oxygen atoms in total. The summed E-state index contributed by atoms with van der Waals surface area (Å²) in [5, 5.41) is 9.58. The standard InChI is InChI=1S/C27H25N3O4/c31-25-16-24(28(20-26(32)33)17-21-10-4-1-5-11-21)29(18-22-12-6-2-7-13-22)27(34)30(25)19-23-14-8-3-9-15-23/h1-16H,17-20H2,(H,32,33). The molecule has 1 heterocycles. The van der Waals surface area contributed by atoms with Crippen molar-refractivity contribution in [2.24, 2.45) is 0 Å². The number of rotatable bonds is 9. The normalized spacial score (nSPS) is 10.7. The van der Waals surface area contributed by atoms with Crippen LogP contribution in [0.5, 0.6) is 0 Å². The van der Waals surface area contributed by atoms with Gasteiger partial charge in [0.2, 0.25) is 0 Å². The third-order valence-electron chi connectivity index (χ3n) is 5.49. The summed E-state index contributed by atoms with van der Waals surface area (Å²) >= 11 is 0. The Morgan fingerprint density at radius 3 is 1.68 bits per heavy atom. The van der Waals surface area contributed by atoms with Crippen LogP contribution in [0.2, 0.25) is 0 Å². The van der Waals surface area contributed by atoms with Crippen molar-refractivity contribution in [1.29, 1.82) is 0 Å². The monoisotopic (exact) mass is 455 g/mol. The number of carboxylic acid groups (broad SMARTS) is 1. The second kappa shape index (κ2) is 10.5. The first-order chi connectivity index (χ1) is 16.5. The van der Waals surface area contributed by atoms with Crippen molar-refractivity contribution in [3.05, 3.63) is 135 Å². The van der Waals surface area contributed by atoms with Gasteiger partial charge in [-0.2, -0.15) is 0 Å². The lowest BCUT2D eigenvalue weighted by Gasteiger charge is -2.27. The van der Waals surface area contributed by atoms with Crippen LogP contribution in [-0.2, 0) is 24.4 Å². The number of aliphatic carboxylic acids is 1. The maximum Gasteiger partial charge on any atom is 0.333 e. The molecule has 34 heavy (non-hydrogen) atoms. The van der Waals surface area contributed by atoms with E-state index in [2.05, 4.69) is 0 Å². The quantitative estimate of drug-likeness (QED) is 0.419. The molecule has 0 bridgehead atoms. The van der Waals surface area contributed by atoms with E-state index < -0.39 is 17.2 Å². The molecule has 4 aromatic rings. The Kier molecular flexibility index (Phi) is 7.03. The number of carbonyl (C=O) groups is 1. The molecule has 1 N–H and O–H groups in total. The minimum atomic E-state index is -1.05. The molecule has 172 valence electrons. The summed E-state index contributed by atoms with van der Waals surface area (Å²) in [6.45, 7) is 0.217. The first-order valence-electron chi connectivity index (χ1n) is 10.9. The molecule has 0 spiro atoms. The Hall–Kier alpha value is -4.39. The number of benzene rings is 3. The molecule has 0 unspecified atom stereocenters. The first-order valence-corrected chi connectivity index (χ1v) is 10.9. The number of carboxylic acids is 1. The largest absolute Gasteiger partial charge is 0.480 e. The van der Waals surface area contributed by atoms with Crippen LogP contribution in [-0.4, -0.2) is 26.8 Å². The van der Waals surface area contributed by atoms with Crippen LogP contribution in [0.15, 0.2) is 107 Å². The van der Waals surface area contributed by atoms with E-state index in [-0.39, 0.29) is 32.0 Å². The maximum absolute atomic E-state index is 13.6. The van der Waals surface area contributed by atoms with Gasteiger partial charge in [-0.1, -0.05) is 91.0 Å². The van der Waals surface area contributed by atoms with Gasteiger partial charge in [0.1, 0.15) is 12.4 Å². The van der Waals surface area contributed by atoms with Crippen molar-refractivity contribution < 1.29 is 9.90 Å². The van der Waals surface area contributed by atoms with E-state index in [0.717, 1.165) is 16.7 Å². The number of aromatic nitrogens is 2. The van der Waals surface area contributed by atoms with Gasteiger partial charge in [-0.05, 0) is 16.7 Å². The zero-order chi connectivity index (χ0) is 23.9. The molecule has 0 aliphatic heterocycles. The van der Waals surface area contributed by atoms with Crippen molar-refractivity contribution in [3.63, 3.8) is 0 Å². The van der Waals surface area contributed by atoms with Crippen LogP contribution in [0.4, 0.5) is 5.82 Å². The van der Waals surface area contributed by atoms with E-state index >= 15 is 0 Å². The lowest BCUT2D eigenvalue weighted by molar-refractivity contribution is -0.135. The van der Waals surface area contributed by atoms with E-state index in [9.17, 15) is 19.5 Å². The number of hydrogen-bond acceptors (Lipinski definition) is 4. The third kappa shape index (κ3) is 5.50. The molecule has 0 aliphatic carbocycles. The second-order valence-corrected chi connectivity index (χ2v) is 8.00. The fraction of sp³-hybridized carbons (Fsp3) is 0.148. The molecule has 0 fully saturated rings. The van der Waals surface area contributed by atoms with Gasteiger partial charge in [0, 0.05) is 12.6 Å². The molecule has 4 rings (SSSR count). The minimum Gasteiger partial charge on any atom is -0.480 e. The summed E-state index contributed by atoms with van der Waals surface area (Å²) in [6.07, 6.45) is 0. The van der Waals surface area contributed by atoms with E-state index in [1.54, 1.807) is 4.90 Å². The predicted octanol–water partition coefficient (Wildman–Crippen LogP) is 3.20. The van der Waals surface area contributed by atoms with Gasteiger partial charge in [0.25, 0.3) is 5.56 Å². The Morgan fingerprint density at radius 1 is 0.706 bits per heavy atom. The highest BCUT2D eigenvalue weighted by Gasteiger charge is 2.20. The molecular formula is C27H25N3O4. The predicted molar refractivity (Wildman–Crippen MR) is 131 cm³/mol. The second-order valence-electron chi connectivity index (χ2n) is 8.00. The number of hydrogen-bond donors (Lipinski definition) is 1. The highest BCUT2D eigenvalue weighted by molar-refractivity contribution is 5.73. The van der Waals surface area contributed by atoms with E-state index in [4.69, 9.17) is 0 Å². The van der Waals surface area contributed by atoms with Crippen LogP contribution >= 0.6 is 0 Å².